The molecule has 23 heavy (non-hydrogen) atoms. The van der Waals surface area contributed by atoms with E-state index in [1.165, 1.54) is 7.11 Å². The molecule has 0 radical (unpaired) electrons. The Balaban J connectivity index is 1.84. The fraction of sp³-hybridized carbons (Fsp3) is 0.125. The van der Waals surface area contributed by atoms with Gasteiger partial charge in [-0.15, -0.1) is 0 Å². The second kappa shape index (κ2) is 8.05. The molecule has 0 fully saturated rings. The average Bonchev–Trinajstić information content (AvgIpc) is 2.56. The fourth-order valence-electron chi connectivity index (χ4n) is 1.70. The van der Waals surface area contributed by atoms with Crippen molar-refractivity contribution in [1.82, 2.24) is 0 Å². The van der Waals surface area contributed by atoms with Crippen LogP contribution in [0.1, 0.15) is 0 Å². The lowest BCUT2D eigenvalue weighted by atomic mass is 10.3. The van der Waals surface area contributed by atoms with Gasteiger partial charge in [0.1, 0.15) is 5.75 Å². The van der Waals surface area contributed by atoms with Crippen molar-refractivity contribution >= 4 is 35.0 Å². The average molecular weight is 335 g/mol. The van der Waals surface area contributed by atoms with E-state index in [1.807, 2.05) is 0 Å². The smallest absolute Gasteiger partial charge is 0.411 e. The summed E-state index contributed by atoms with van der Waals surface area (Å²) in [5.74, 6) is 0.171. The van der Waals surface area contributed by atoms with Crippen LogP contribution in [-0.4, -0.2) is 25.7 Å². The number of nitrogens with one attached hydrogen (secondary N) is 2. The zero-order valence-corrected chi connectivity index (χ0v) is 13.1. The number of carbonyl (C=O) groups is 2. The maximum atomic E-state index is 11.8. The van der Waals surface area contributed by atoms with Gasteiger partial charge < -0.3 is 14.8 Å². The molecule has 7 heteroatoms. The van der Waals surface area contributed by atoms with Gasteiger partial charge in [0.25, 0.3) is 5.91 Å². The van der Waals surface area contributed by atoms with Crippen molar-refractivity contribution in [3.05, 3.63) is 53.6 Å². The molecule has 0 bridgehead atoms. The molecular weight excluding hydrogens is 320 g/mol. The van der Waals surface area contributed by atoms with Gasteiger partial charge in [-0.3, -0.25) is 10.1 Å². The normalized spacial score (nSPS) is 9.83. The zero-order valence-electron chi connectivity index (χ0n) is 12.3. The lowest BCUT2D eigenvalue weighted by Gasteiger charge is -2.09. The number of hydrogen-bond acceptors (Lipinski definition) is 4. The Bertz CT molecular complexity index is 689. The van der Waals surface area contributed by atoms with Gasteiger partial charge in [-0.1, -0.05) is 23.7 Å². The highest BCUT2D eigenvalue weighted by molar-refractivity contribution is 6.33. The molecule has 0 heterocycles. The molecule has 2 amide bonds. The lowest BCUT2D eigenvalue weighted by molar-refractivity contribution is -0.118. The maximum absolute atomic E-state index is 11.8. The van der Waals surface area contributed by atoms with Gasteiger partial charge in [-0.2, -0.15) is 0 Å². The van der Waals surface area contributed by atoms with Crippen LogP contribution in [0, 0.1) is 0 Å². The van der Waals surface area contributed by atoms with Crippen LogP contribution in [-0.2, 0) is 9.53 Å². The number of anilines is 2. The second-order valence-corrected chi connectivity index (χ2v) is 4.86. The topological polar surface area (TPSA) is 76.7 Å². The summed E-state index contributed by atoms with van der Waals surface area (Å²) in [5, 5.41) is 5.63. The van der Waals surface area contributed by atoms with Crippen molar-refractivity contribution in [2.75, 3.05) is 24.4 Å². The van der Waals surface area contributed by atoms with Crippen molar-refractivity contribution in [3.8, 4) is 5.75 Å². The SMILES string of the molecule is COC(=O)Nc1ccc(OCC(=O)Nc2ccccc2Cl)cc1. The Morgan fingerprint density at radius 1 is 1.04 bits per heavy atom. The number of methoxy groups -OCH3 is 1. The first-order valence-corrected chi connectivity index (χ1v) is 7.08. The molecule has 2 aromatic rings. The Kier molecular flexibility index (Phi) is 5.82. The molecule has 0 aliphatic rings. The van der Waals surface area contributed by atoms with Gasteiger partial charge in [0.2, 0.25) is 0 Å². The van der Waals surface area contributed by atoms with E-state index < -0.39 is 6.09 Å². The lowest BCUT2D eigenvalue weighted by Crippen LogP contribution is -2.20. The molecular formula is C16H15ClN2O4. The molecule has 0 spiro atoms. The molecule has 2 rings (SSSR count). The number of carbonyl (C=O) groups excluding carboxylic acids is 2. The Morgan fingerprint density at radius 3 is 2.39 bits per heavy atom. The summed E-state index contributed by atoms with van der Waals surface area (Å²) in [6, 6.07) is 13.5. The molecule has 120 valence electrons. The highest BCUT2D eigenvalue weighted by atomic mass is 35.5. The Morgan fingerprint density at radius 2 is 1.74 bits per heavy atom. The number of para-hydroxylation sites is 1. The van der Waals surface area contributed by atoms with Crippen molar-refractivity contribution in [1.29, 1.82) is 0 Å². The van der Waals surface area contributed by atoms with Crippen molar-refractivity contribution in [2.24, 2.45) is 0 Å². The minimum absolute atomic E-state index is 0.158. The van der Waals surface area contributed by atoms with Crippen molar-refractivity contribution in [2.45, 2.75) is 0 Å². The standard InChI is InChI=1S/C16H15ClN2O4/c1-22-16(21)18-11-6-8-12(9-7-11)23-10-15(20)19-14-5-3-2-4-13(14)17/h2-9H,10H2,1H3,(H,18,21)(H,19,20). The minimum Gasteiger partial charge on any atom is -0.484 e. The Labute approximate surface area is 138 Å². The first-order valence-electron chi connectivity index (χ1n) is 6.70. The van der Waals surface area contributed by atoms with Gasteiger partial charge in [-0.05, 0) is 36.4 Å². The van der Waals surface area contributed by atoms with E-state index in [-0.39, 0.29) is 12.5 Å². The van der Waals surface area contributed by atoms with Gasteiger partial charge in [0.15, 0.2) is 6.61 Å². The van der Waals surface area contributed by atoms with Crippen LogP contribution in [0.2, 0.25) is 5.02 Å². The summed E-state index contributed by atoms with van der Waals surface area (Å²) in [6.07, 6.45) is -0.558. The summed E-state index contributed by atoms with van der Waals surface area (Å²) < 4.78 is 9.85. The molecule has 0 saturated carbocycles. The summed E-state index contributed by atoms with van der Waals surface area (Å²) in [6.45, 7) is -0.158. The van der Waals surface area contributed by atoms with Crippen LogP contribution in [0.25, 0.3) is 0 Å². The van der Waals surface area contributed by atoms with E-state index in [1.54, 1.807) is 48.5 Å². The van der Waals surface area contributed by atoms with Gasteiger partial charge >= 0.3 is 6.09 Å². The third kappa shape index (κ3) is 5.19. The molecule has 0 aliphatic heterocycles. The maximum Gasteiger partial charge on any atom is 0.411 e. The van der Waals surface area contributed by atoms with E-state index in [2.05, 4.69) is 15.4 Å². The predicted octanol–water partition coefficient (Wildman–Crippen LogP) is 3.54. The van der Waals surface area contributed by atoms with Crippen molar-refractivity contribution < 1.29 is 19.1 Å². The van der Waals surface area contributed by atoms with Crippen LogP contribution >= 0.6 is 11.6 Å². The number of rotatable bonds is 5. The number of halogens is 1. The summed E-state index contributed by atoms with van der Waals surface area (Å²) in [5.41, 5.74) is 1.09. The largest absolute Gasteiger partial charge is 0.484 e. The summed E-state index contributed by atoms with van der Waals surface area (Å²) in [4.78, 5) is 22.9. The highest BCUT2D eigenvalue weighted by Gasteiger charge is 2.06. The highest BCUT2D eigenvalue weighted by Crippen LogP contribution is 2.20. The number of ether oxygens (including phenoxy) is 2. The van der Waals surface area contributed by atoms with Gasteiger partial charge in [0, 0.05) is 5.69 Å². The predicted molar refractivity (Wildman–Crippen MR) is 88.0 cm³/mol. The van der Waals surface area contributed by atoms with E-state index in [4.69, 9.17) is 16.3 Å². The third-order valence-electron chi connectivity index (χ3n) is 2.80. The van der Waals surface area contributed by atoms with E-state index in [0.29, 0.717) is 22.1 Å². The van der Waals surface area contributed by atoms with Gasteiger partial charge in [-0.25, -0.2) is 4.79 Å². The number of hydrogen-bond donors (Lipinski definition) is 2. The molecule has 0 aliphatic carbocycles. The van der Waals surface area contributed by atoms with E-state index in [9.17, 15) is 9.59 Å². The Hall–Kier alpha value is -2.73. The minimum atomic E-state index is -0.558. The first kappa shape index (κ1) is 16.6. The molecule has 6 nitrogen and oxygen atoms in total. The van der Waals surface area contributed by atoms with E-state index in [0.717, 1.165) is 0 Å². The number of amides is 2. The molecule has 0 aromatic heterocycles. The third-order valence-corrected chi connectivity index (χ3v) is 3.13. The summed E-state index contributed by atoms with van der Waals surface area (Å²) in [7, 11) is 1.28. The monoisotopic (exact) mass is 334 g/mol. The molecule has 0 atom stereocenters. The van der Waals surface area contributed by atoms with Gasteiger partial charge in [0.05, 0.1) is 17.8 Å². The van der Waals surface area contributed by atoms with Crippen LogP contribution < -0.4 is 15.4 Å². The molecule has 2 N–H and O–H groups in total. The van der Waals surface area contributed by atoms with E-state index >= 15 is 0 Å². The second-order valence-electron chi connectivity index (χ2n) is 4.46. The summed E-state index contributed by atoms with van der Waals surface area (Å²) >= 11 is 5.96. The van der Waals surface area contributed by atoms with Crippen LogP contribution in [0.3, 0.4) is 0 Å². The van der Waals surface area contributed by atoms with Crippen LogP contribution in [0.4, 0.5) is 16.2 Å². The van der Waals surface area contributed by atoms with Crippen molar-refractivity contribution in [3.63, 3.8) is 0 Å². The molecule has 0 unspecified atom stereocenters. The quantitative estimate of drug-likeness (QED) is 0.876. The molecule has 2 aromatic carbocycles. The molecule has 0 saturated heterocycles. The fourth-order valence-corrected chi connectivity index (χ4v) is 1.88. The van der Waals surface area contributed by atoms with Crippen LogP contribution in [0.5, 0.6) is 5.75 Å². The zero-order chi connectivity index (χ0) is 16.7. The first-order chi connectivity index (χ1) is 11.1. The van der Waals surface area contributed by atoms with Crippen LogP contribution in [0.15, 0.2) is 48.5 Å². The number of benzene rings is 2.